The zero-order valence-corrected chi connectivity index (χ0v) is 35.9. The number of ketones is 1. The Morgan fingerprint density at radius 1 is 1.10 bits per heavy atom. The van der Waals surface area contributed by atoms with Gasteiger partial charge in [-0.25, -0.2) is 9.59 Å². The van der Waals surface area contributed by atoms with Crippen LogP contribution in [-0.4, -0.2) is 80.2 Å². The molecule has 2 bridgehead atoms. The summed E-state index contributed by atoms with van der Waals surface area (Å²) in [6.07, 6.45) is 12.3. The normalized spacial score (nSPS) is 42.3. The molecule has 1 spiro atoms. The number of carbonyl (C=O) groups is 4. The van der Waals surface area contributed by atoms with E-state index in [0.29, 0.717) is 32.1 Å². The lowest BCUT2D eigenvalue weighted by Gasteiger charge is -2.55. The maximum atomic E-state index is 15.2. The van der Waals surface area contributed by atoms with E-state index >= 15 is 4.79 Å². The number of ether oxygens (including phenoxy) is 3. The largest absolute Gasteiger partial charge is 0.511 e. The van der Waals surface area contributed by atoms with E-state index in [2.05, 4.69) is 41.5 Å². The number of nitrogens with one attached hydrogen (secondary N) is 2. The number of Topliss-reactive ketones (excluding diaryl/α,β-unsaturated/α-hetero) is 1. The molecule has 2 aliphatic heterocycles. The summed E-state index contributed by atoms with van der Waals surface area (Å²) in [5.41, 5.74) is -3.32. The monoisotopic (exact) mass is 854 g/mol. The highest BCUT2D eigenvalue weighted by Gasteiger charge is 2.67. The number of allylic oxidation sites excluding steroid dienone is 5. The van der Waals surface area contributed by atoms with Crippen molar-refractivity contribution in [2.75, 3.05) is 0 Å². The van der Waals surface area contributed by atoms with Gasteiger partial charge >= 0.3 is 11.9 Å². The number of aliphatic hydroxyl groups is 2. The average molecular weight is 856 g/mol. The predicted molar refractivity (Wildman–Crippen MR) is 220 cm³/mol. The summed E-state index contributed by atoms with van der Waals surface area (Å²) in [5.74, 6) is -4.71. The Hall–Kier alpha value is -3.68. The molecule has 0 unspecified atom stereocenters. The molecule has 1 saturated carbocycles. The molecule has 7 rings (SSSR count). The lowest BCUT2D eigenvalue weighted by atomic mass is 9.51. The summed E-state index contributed by atoms with van der Waals surface area (Å²) in [5, 5.41) is 37.6. The van der Waals surface area contributed by atoms with Crippen molar-refractivity contribution in [2.24, 2.45) is 40.4 Å². The number of carbonyl (C=O) groups excluding carboxylic acids is 3. The van der Waals surface area contributed by atoms with Crippen LogP contribution in [0.2, 0.25) is 10.2 Å². The number of halogens is 2. The summed E-state index contributed by atoms with van der Waals surface area (Å²) in [7, 11) is 0. The van der Waals surface area contributed by atoms with E-state index in [-0.39, 0.29) is 69.3 Å². The van der Waals surface area contributed by atoms with Crippen molar-refractivity contribution in [1.82, 2.24) is 10.3 Å². The summed E-state index contributed by atoms with van der Waals surface area (Å²) in [6, 6.07) is 0.664. The minimum absolute atomic E-state index is 0.0225. The van der Waals surface area contributed by atoms with Crippen LogP contribution in [0.1, 0.15) is 103 Å². The van der Waals surface area contributed by atoms with Crippen molar-refractivity contribution in [3.05, 3.63) is 80.9 Å². The second-order valence-electron chi connectivity index (χ2n) is 17.8. The van der Waals surface area contributed by atoms with E-state index in [1.807, 2.05) is 26.8 Å². The van der Waals surface area contributed by atoms with Gasteiger partial charge in [0.05, 0.1) is 34.8 Å². The van der Waals surface area contributed by atoms with E-state index < -0.39 is 76.6 Å². The van der Waals surface area contributed by atoms with E-state index in [4.69, 9.17) is 37.4 Å². The molecule has 3 fully saturated rings. The third kappa shape index (κ3) is 7.24. The molecule has 13 atom stereocenters. The van der Waals surface area contributed by atoms with Gasteiger partial charge in [-0.05, 0) is 89.0 Å². The van der Waals surface area contributed by atoms with Crippen molar-refractivity contribution in [3.8, 4) is 0 Å². The van der Waals surface area contributed by atoms with E-state index in [0.717, 1.165) is 12.0 Å². The zero-order chi connectivity index (χ0) is 42.8. The van der Waals surface area contributed by atoms with Crippen LogP contribution >= 0.6 is 23.2 Å². The highest BCUT2D eigenvalue weighted by atomic mass is 35.5. The number of H-pyrrole nitrogens is 1. The molecule has 0 aromatic carbocycles. The average Bonchev–Trinajstić information content (AvgIpc) is 3.65. The Kier molecular flexibility index (Phi) is 12.0. The highest BCUT2D eigenvalue weighted by molar-refractivity contribution is 6.36. The first kappa shape index (κ1) is 43.4. The SMILES string of the molecule is CC[C@@H]1C[C@@]23OC(=O)/C(=C(/O)[C@@]4(CC)[C@H](C=C[C@H]5[C@H](O[C@@H]6C[C@H](O)[C@@H](NC(=O)c7[nH]c(Cl)cc7Cl)[C@H](C)O6)[C@H](C)CC[C@@H]54)C/C=C/C/C(C)=C/[C@]2(C)C=C1C(=O)O)C3=O. The number of aromatic amines is 1. The second-order valence-corrected chi connectivity index (χ2v) is 18.6. The van der Waals surface area contributed by atoms with E-state index in [9.17, 15) is 29.7 Å². The fraction of sp³-hybridized carbons (Fsp3) is 0.600. The first-order chi connectivity index (χ1) is 27.9. The molecule has 320 valence electrons. The van der Waals surface area contributed by atoms with Gasteiger partial charge in [-0.15, -0.1) is 0 Å². The van der Waals surface area contributed by atoms with Crippen LogP contribution in [0.15, 0.2) is 65.0 Å². The lowest BCUT2D eigenvalue weighted by Crippen LogP contribution is -2.58. The standard InChI is InChI=1S/C45H56Cl2N2O10/c1-7-25-20-45-39(52)34(42(56)59-45)38(51)44(8-2)26(12-10-9-11-22(3)19-43(45,6)21-28(25)41(54)55)14-15-27-29(44)16-13-23(4)37(27)58-33-18-31(50)35(24(5)57-33)49-40(53)36-30(46)17-32(47)48-36/h9-10,14-15,17,19,21,23-27,29,31,33,35,37,48,50-51H,7-8,11-13,16,18,20H2,1-6H3,(H,49,53)(H,54,55)/b10-9+,22-19+,38-34+/t23-,24+,25-,26+,27-,29+,31+,33-,35+,37-,43-,44+,45+/m1/s1. The van der Waals surface area contributed by atoms with Crippen LogP contribution in [0.3, 0.4) is 0 Å². The second kappa shape index (κ2) is 16.3. The lowest BCUT2D eigenvalue weighted by molar-refractivity contribution is -0.258. The Morgan fingerprint density at radius 2 is 1.85 bits per heavy atom. The molecule has 2 saturated heterocycles. The molecule has 5 N–H and O–H groups in total. The summed E-state index contributed by atoms with van der Waals surface area (Å²) >= 11 is 12.2. The number of aliphatic carboxylic acids is 1. The van der Waals surface area contributed by atoms with Crippen LogP contribution in [-0.2, 0) is 28.6 Å². The topological polar surface area (TPSA) is 184 Å². The van der Waals surface area contributed by atoms with Gasteiger partial charge in [0.15, 0.2) is 11.9 Å². The number of aliphatic hydroxyl groups excluding tert-OH is 2. The van der Waals surface area contributed by atoms with Crippen LogP contribution in [0.5, 0.6) is 0 Å². The molecule has 3 heterocycles. The number of fused-ring (bicyclic) bond motifs is 4. The van der Waals surface area contributed by atoms with Crippen molar-refractivity contribution < 1.29 is 48.7 Å². The van der Waals surface area contributed by atoms with Crippen molar-refractivity contribution >= 4 is 46.8 Å². The Bertz CT molecular complexity index is 2040. The van der Waals surface area contributed by atoms with Gasteiger partial charge in [0.2, 0.25) is 5.78 Å². The fourth-order valence-electron chi connectivity index (χ4n) is 11.4. The smallest absolute Gasteiger partial charge is 0.346 e. The highest BCUT2D eigenvalue weighted by Crippen LogP contribution is 2.61. The van der Waals surface area contributed by atoms with Gasteiger partial charge in [-0.1, -0.05) is 86.0 Å². The Labute approximate surface area is 355 Å². The number of carboxylic acid groups (broad SMARTS) is 1. The molecule has 59 heavy (non-hydrogen) atoms. The molecule has 4 aliphatic carbocycles. The number of amides is 1. The van der Waals surface area contributed by atoms with Crippen molar-refractivity contribution in [1.29, 1.82) is 0 Å². The number of aromatic nitrogens is 1. The molecule has 12 nitrogen and oxygen atoms in total. The summed E-state index contributed by atoms with van der Waals surface area (Å²) in [6.45, 7) is 11.4. The van der Waals surface area contributed by atoms with Crippen LogP contribution < -0.4 is 5.32 Å². The maximum absolute atomic E-state index is 15.2. The first-order valence-corrected chi connectivity index (χ1v) is 21.7. The number of esters is 1. The fourth-order valence-corrected chi connectivity index (χ4v) is 11.9. The Morgan fingerprint density at radius 3 is 2.49 bits per heavy atom. The minimum atomic E-state index is -1.75. The number of hydrogen-bond donors (Lipinski definition) is 5. The summed E-state index contributed by atoms with van der Waals surface area (Å²) in [4.78, 5) is 57.7. The van der Waals surface area contributed by atoms with Gasteiger partial charge in [0.25, 0.3) is 5.91 Å². The number of hydrogen-bond acceptors (Lipinski definition) is 9. The minimum Gasteiger partial charge on any atom is -0.511 e. The van der Waals surface area contributed by atoms with Crippen LogP contribution in [0.25, 0.3) is 0 Å². The molecule has 1 aromatic rings. The van der Waals surface area contributed by atoms with Gasteiger partial charge in [0.1, 0.15) is 22.2 Å². The van der Waals surface area contributed by atoms with Gasteiger partial charge < -0.3 is 39.8 Å². The molecular formula is C45H56Cl2N2O10. The van der Waals surface area contributed by atoms with Gasteiger partial charge in [0, 0.05) is 29.7 Å². The molecule has 1 amide bonds. The molecule has 14 heteroatoms. The molecule has 1 aromatic heterocycles. The zero-order valence-electron chi connectivity index (χ0n) is 34.4. The van der Waals surface area contributed by atoms with Crippen molar-refractivity contribution in [3.63, 3.8) is 0 Å². The Balaban J connectivity index is 1.23. The molecular weight excluding hydrogens is 799 g/mol. The third-order valence-corrected chi connectivity index (χ3v) is 14.9. The maximum Gasteiger partial charge on any atom is 0.346 e. The van der Waals surface area contributed by atoms with Gasteiger partial charge in [-0.3, -0.25) is 9.59 Å². The van der Waals surface area contributed by atoms with E-state index in [1.165, 1.54) is 6.07 Å². The predicted octanol–water partition coefficient (Wildman–Crippen LogP) is 7.97. The van der Waals surface area contributed by atoms with Crippen LogP contribution in [0, 0.1) is 40.4 Å². The molecule has 0 radical (unpaired) electrons. The first-order valence-electron chi connectivity index (χ1n) is 20.9. The number of carboxylic acids is 1. The van der Waals surface area contributed by atoms with Crippen molar-refractivity contribution in [2.45, 2.75) is 129 Å². The summed E-state index contributed by atoms with van der Waals surface area (Å²) < 4.78 is 19.4. The van der Waals surface area contributed by atoms with E-state index in [1.54, 1.807) is 19.9 Å². The van der Waals surface area contributed by atoms with Gasteiger partial charge in [-0.2, -0.15) is 0 Å². The number of rotatable bonds is 7. The van der Waals surface area contributed by atoms with Crippen LogP contribution in [0.4, 0.5) is 0 Å². The molecule has 6 aliphatic rings. The quantitative estimate of drug-likeness (QED) is 0.102. The third-order valence-electron chi connectivity index (χ3n) is 14.4.